The molecule has 0 amide bonds. The van der Waals surface area contributed by atoms with Gasteiger partial charge in [0.1, 0.15) is 0 Å². The van der Waals surface area contributed by atoms with Gasteiger partial charge >= 0.3 is 0 Å². The fraction of sp³-hybridized carbons (Fsp3) is 0.333. The molecule has 0 aliphatic heterocycles. The molecule has 0 saturated heterocycles. The smallest absolute Gasteiger partial charge is 0.0300 e. The van der Waals surface area contributed by atoms with E-state index < -0.39 is 0 Å². The van der Waals surface area contributed by atoms with E-state index in [0.717, 1.165) is 12.8 Å². The van der Waals surface area contributed by atoms with Crippen LogP contribution >= 0.6 is 0 Å². The first-order valence-electron chi connectivity index (χ1n) is 7.03. The summed E-state index contributed by atoms with van der Waals surface area (Å²) in [6, 6.07) is 11.6. The summed E-state index contributed by atoms with van der Waals surface area (Å²) in [5.74, 6) is 0. The zero-order valence-corrected chi connectivity index (χ0v) is 12.0. The fourth-order valence-electron chi connectivity index (χ4n) is 3.44. The largest absolute Gasteiger partial charge is 0.324 e. The van der Waals surface area contributed by atoms with Gasteiger partial charge in [-0.2, -0.15) is 0 Å². The summed E-state index contributed by atoms with van der Waals surface area (Å²) in [4.78, 5) is 0. The third-order valence-electron chi connectivity index (χ3n) is 4.23. The molecule has 2 N–H and O–H groups in total. The Morgan fingerprint density at radius 1 is 1.00 bits per heavy atom. The van der Waals surface area contributed by atoms with Crippen molar-refractivity contribution in [2.45, 2.75) is 39.7 Å². The van der Waals surface area contributed by atoms with E-state index in [4.69, 9.17) is 5.73 Å². The summed E-state index contributed by atoms with van der Waals surface area (Å²) in [5, 5.41) is 0. The highest BCUT2D eigenvalue weighted by Crippen LogP contribution is 2.35. The lowest BCUT2D eigenvalue weighted by atomic mass is 9.92. The maximum atomic E-state index is 6.11. The summed E-state index contributed by atoms with van der Waals surface area (Å²) >= 11 is 0. The van der Waals surface area contributed by atoms with Crippen LogP contribution < -0.4 is 5.73 Å². The Morgan fingerprint density at radius 3 is 2.37 bits per heavy atom. The molecule has 3 rings (SSSR count). The molecule has 0 radical (unpaired) electrons. The number of benzene rings is 2. The summed E-state index contributed by atoms with van der Waals surface area (Å²) in [7, 11) is 0. The first-order valence-corrected chi connectivity index (χ1v) is 7.03. The lowest BCUT2D eigenvalue weighted by Crippen LogP contribution is -2.04. The van der Waals surface area contributed by atoms with Gasteiger partial charge in [0.2, 0.25) is 0 Å². The first-order chi connectivity index (χ1) is 9.06. The second kappa shape index (κ2) is 4.50. The van der Waals surface area contributed by atoms with E-state index in [1.165, 1.54) is 38.9 Å². The summed E-state index contributed by atoms with van der Waals surface area (Å²) in [6.07, 6.45) is 2.21. The molecule has 1 aliphatic carbocycles. The lowest BCUT2D eigenvalue weighted by molar-refractivity contribution is 0.713. The van der Waals surface area contributed by atoms with Gasteiger partial charge in [0.15, 0.2) is 0 Å². The van der Waals surface area contributed by atoms with Gasteiger partial charge in [-0.3, -0.25) is 0 Å². The van der Waals surface area contributed by atoms with E-state index >= 15 is 0 Å². The van der Waals surface area contributed by atoms with Crippen LogP contribution in [0.2, 0.25) is 0 Å². The van der Waals surface area contributed by atoms with Gasteiger partial charge in [0, 0.05) is 6.04 Å². The van der Waals surface area contributed by atoms with E-state index in [1.807, 2.05) is 0 Å². The maximum Gasteiger partial charge on any atom is 0.0300 e. The minimum Gasteiger partial charge on any atom is -0.324 e. The van der Waals surface area contributed by atoms with Crippen molar-refractivity contribution in [2.75, 3.05) is 0 Å². The van der Waals surface area contributed by atoms with E-state index in [9.17, 15) is 0 Å². The van der Waals surface area contributed by atoms with E-state index in [-0.39, 0.29) is 6.04 Å². The molecule has 0 saturated carbocycles. The predicted octanol–water partition coefficient (Wildman–Crippen LogP) is 4.22. The minimum atomic E-state index is 0.240. The molecule has 2 aromatic rings. The normalized spacial score (nSPS) is 17.6. The van der Waals surface area contributed by atoms with Crippen LogP contribution in [0, 0.1) is 20.8 Å². The van der Waals surface area contributed by atoms with Gasteiger partial charge < -0.3 is 5.73 Å². The molecule has 2 aromatic carbocycles. The third kappa shape index (κ3) is 2.08. The van der Waals surface area contributed by atoms with Crippen molar-refractivity contribution in [3.05, 3.63) is 58.1 Å². The highest BCUT2D eigenvalue weighted by atomic mass is 14.6. The van der Waals surface area contributed by atoms with Gasteiger partial charge in [-0.25, -0.2) is 0 Å². The topological polar surface area (TPSA) is 26.0 Å². The van der Waals surface area contributed by atoms with Crippen LogP contribution in [0.4, 0.5) is 0 Å². The molecule has 1 unspecified atom stereocenters. The lowest BCUT2D eigenvalue weighted by Gasteiger charge is -2.13. The average Bonchev–Trinajstić information content (AvgIpc) is 2.69. The highest BCUT2D eigenvalue weighted by Gasteiger charge is 2.19. The van der Waals surface area contributed by atoms with Gasteiger partial charge in [-0.05, 0) is 67.0 Å². The van der Waals surface area contributed by atoms with Gasteiger partial charge in [-0.15, -0.1) is 0 Å². The Bertz CT molecular complexity index is 617. The Hall–Kier alpha value is -1.60. The van der Waals surface area contributed by atoms with E-state index in [1.54, 1.807) is 0 Å². The van der Waals surface area contributed by atoms with Gasteiger partial charge in [-0.1, -0.05) is 35.9 Å². The number of hydrogen-bond donors (Lipinski definition) is 1. The van der Waals surface area contributed by atoms with Crippen LogP contribution in [0.15, 0.2) is 30.3 Å². The van der Waals surface area contributed by atoms with Crippen LogP contribution in [-0.2, 0) is 6.42 Å². The molecule has 1 atom stereocenters. The van der Waals surface area contributed by atoms with Crippen molar-refractivity contribution < 1.29 is 0 Å². The van der Waals surface area contributed by atoms with Crippen molar-refractivity contribution in [1.29, 1.82) is 0 Å². The zero-order valence-electron chi connectivity index (χ0n) is 12.0. The minimum absolute atomic E-state index is 0.240. The highest BCUT2D eigenvalue weighted by molar-refractivity contribution is 5.72. The fourth-order valence-corrected chi connectivity index (χ4v) is 3.44. The maximum absolute atomic E-state index is 6.11. The van der Waals surface area contributed by atoms with Crippen molar-refractivity contribution >= 4 is 0 Å². The molecule has 1 aliphatic rings. The average molecular weight is 251 g/mol. The van der Waals surface area contributed by atoms with Crippen LogP contribution in [0.3, 0.4) is 0 Å². The number of rotatable bonds is 1. The molecular weight excluding hydrogens is 230 g/mol. The second-order valence-corrected chi connectivity index (χ2v) is 5.83. The Kier molecular flexibility index (Phi) is 2.94. The SMILES string of the molecule is Cc1cc(C)c(-c2ccc3c(c2)CCC3N)c(C)c1. The van der Waals surface area contributed by atoms with Crippen molar-refractivity contribution in [3.63, 3.8) is 0 Å². The number of nitrogens with two attached hydrogens (primary N) is 1. The molecule has 1 heteroatoms. The molecule has 0 fully saturated rings. The van der Waals surface area contributed by atoms with E-state index in [2.05, 4.69) is 51.1 Å². The second-order valence-electron chi connectivity index (χ2n) is 5.83. The number of hydrogen-bond acceptors (Lipinski definition) is 1. The van der Waals surface area contributed by atoms with Crippen LogP contribution in [0.5, 0.6) is 0 Å². The quantitative estimate of drug-likeness (QED) is 0.806. The van der Waals surface area contributed by atoms with E-state index in [0.29, 0.717) is 0 Å². The van der Waals surface area contributed by atoms with Crippen molar-refractivity contribution in [3.8, 4) is 11.1 Å². The molecule has 0 bridgehead atoms. The van der Waals surface area contributed by atoms with Gasteiger partial charge in [0.25, 0.3) is 0 Å². The standard InChI is InChI=1S/C18H21N/c1-11-8-12(2)18(13(3)9-11)15-4-6-16-14(10-15)5-7-17(16)19/h4,6,8-10,17H,5,7,19H2,1-3H3. The van der Waals surface area contributed by atoms with Crippen LogP contribution in [0.25, 0.3) is 11.1 Å². The molecule has 19 heavy (non-hydrogen) atoms. The molecule has 0 heterocycles. The number of aryl methyl sites for hydroxylation is 4. The molecule has 0 aromatic heterocycles. The Labute approximate surface area is 115 Å². The summed E-state index contributed by atoms with van der Waals surface area (Å²) < 4.78 is 0. The Morgan fingerprint density at radius 2 is 1.68 bits per heavy atom. The molecule has 1 nitrogen and oxygen atoms in total. The summed E-state index contributed by atoms with van der Waals surface area (Å²) in [6.45, 7) is 6.56. The van der Waals surface area contributed by atoms with Crippen molar-refractivity contribution in [2.24, 2.45) is 5.73 Å². The first kappa shape index (κ1) is 12.4. The third-order valence-corrected chi connectivity index (χ3v) is 4.23. The molecule has 0 spiro atoms. The van der Waals surface area contributed by atoms with Gasteiger partial charge in [0.05, 0.1) is 0 Å². The van der Waals surface area contributed by atoms with Crippen molar-refractivity contribution in [1.82, 2.24) is 0 Å². The Balaban J connectivity index is 2.14. The van der Waals surface area contributed by atoms with Crippen LogP contribution in [-0.4, -0.2) is 0 Å². The monoisotopic (exact) mass is 251 g/mol. The summed E-state index contributed by atoms with van der Waals surface area (Å²) in [5.41, 5.74) is 15.7. The molecule has 98 valence electrons. The number of fused-ring (bicyclic) bond motifs is 1. The predicted molar refractivity (Wildman–Crippen MR) is 81.3 cm³/mol. The molecular formula is C18H21N. The zero-order chi connectivity index (χ0) is 13.6. The van der Waals surface area contributed by atoms with Crippen LogP contribution in [0.1, 0.15) is 40.3 Å².